The van der Waals surface area contributed by atoms with E-state index < -0.39 is 11.5 Å². The van der Waals surface area contributed by atoms with Crippen molar-refractivity contribution in [3.8, 4) is 0 Å². The van der Waals surface area contributed by atoms with Crippen molar-refractivity contribution < 1.29 is 9.90 Å². The van der Waals surface area contributed by atoms with Gasteiger partial charge in [0.15, 0.2) is 5.54 Å². The summed E-state index contributed by atoms with van der Waals surface area (Å²) in [6, 6.07) is 0.707. The molecule has 2 unspecified atom stereocenters. The number of carboxylic acids is 1. The zero-order valence-electron chi connectivity index (χ0n) is 13.7. The monoisotopic (exact) mass is 306 g/mol. The third-order valence-corrected chi connectivity index (χ3v) is 5.78. The predicted molar refractivity (Wildman–Crippen MR) is 87.7 cm³/mol. The molecule has 1 N–H and O–H groups in total. The third kappa shape index (κ3) is 3.48. The first-order valence-corrected chi connectivity index (χ1v) is 9.13. The Labute approximate surface area is 134 Å². The number of nitrogens with zero attached hydrogens (tertiary/aromatic N) is 2. The van der Waals surface area contributed by atoms with Gasteiger partial charge in [0.1, 0.15) is 0 Å². The van der Waals surface area contributed by atoms with Crippen LogP contribution in [0.1, 0.15) is 64.2 Å². The highest BCUT2D eigenvalue weighted by atomic mass is 16.4. The summed E-state index contributed by atoms with van der Waals surface area (Å²) in [4.78, 5) is 16.3. The molecular formula is C18H30N2O2. The van der Waals surface area contributed by atoms with E-state index in [-0.39, 0.29) is 0 Å². The van der Waals surface area contributed by atoms with Crippen LogP contribution >= 0.6 is 0 Å². The number of allylic oxidation sites excluding steroid dienone is 1. The first-order valence-electron chi connectivity index (χ1n) is 9.13. The van der Waals surface area contributed by atoms with Crippen molar-refractivity contribution in [1.29, 1.82) is 0 Å². The first-order chi connectivity index (χ1) is 10.7. The summed E-state index contributed by atoms with van der Waals surface area (Å²) < 4.78 is 0. The third-order valence-electron chi connectivity index (χ3n) is 5.78. The van der Waals surface area contributed by atoms with Gasteiger partial charge in [0, 0.05) is 12.6 Å². The van der Waals surface area contributed by atoms with Crippen molar-refractivity contribution in [2.75, 3.05) is 19.6 Å². The minimum atomic E-state index is -0.641. The van der Waals surface area contributed by atoms with Crippen molar-refractivity contribution in [1.82, 2.24) is 9.80 Å². The molecule has 0 aromatic carbocycles. The van der Waals surface area contributed by atoms with E-state index >= 15 is 0 Å². The highest BCUT2D eigenvalue weighted by Gasteiger charge is 2.57. The lowest BCUT2D eigenvalue weighted by Gasteiger charge is -2.25. The second kappa shape index (κ2) is 7.03. The number of carbonyl (C=O) groups is 1. The molecule has 0 aromatic rings. The summed E-state index contributed by atoms with van der Waals surface area (Å²) >= 11 is 0. The molecule has 3 aliphatic heterocycles. The van der Waals surface area contributed by atoms with Crippen molar-refractivity contribution >= 4 is 5.97 Å². The van der Waals surface area contributed by atoms with Gasteiger partial charge in [-0.25, -0.2) is 4.79 Å². The molecule has 2 atom stereocenters. The Kier molecular flexibility index (Phi) is 5.07. The lowest BCUT2D eigenvalue weighted by molar-refractivity contribution is -0.141. The zero-order chi connectivity index (χ0) is 15.4. The van der Waals surface area contributed by atoms with E-state index in [2.05, 4.69) is 11.0 Å². The Morgan fingerprint density at radius 3 is 2.68 bits per heavy atom. The Hall–Kier alpha value is -1.03. The molecular weight excluding hydrogens is 276 g/mol. The number of aliphatic carboxylic acids is 1. The van der Waals surface area contributed by atoms with Crippen LogP contribution in [-0.4, -0.2) is 52.1 Å². The molecule has 4 nitrogen and oxygen atoms in total. The molecule has 0 spiro atoms. The molecule has 0 bridgehead atoms. The molecule has 0 radical (unpaired) electrons. The molecule has 0 amide bonds. The van der Waals surface area contributed by atoms with E-state index in [1.807, 2.05) is 11.1 Å². The van der Waals surface area contributed by atoms with E-state index in [1.54, 1.807) is 0 Å². The van der Waals surface area contributed by atoms with Gasteiger partial charge in [-0.15, -0.1) is 0 Å². The SMILES string of the molecule is O=C(O)C12CCN3CCCC3CCCCCCCC=CN1C2. The van der Waals surface area contributed by atoms with Crippen LogP contribution in [0.15, 0.2) is 12.3 Å². The fraction of sp³-hybridized carbons (Fsp3) is 0.833. The number of hydrogen-bond donors (Lipinski definition) is 1. The van der Waals surface area contributed by atoms with E-state index in [9.17, 15) is 9.90 Å². The maximum atomic E-state index is 11.7. The topological polar surface area (TPSA) is 43.5 Å². The van der Waals surface area contributed by atoms with Gasteiger partial charge < -0.3 is 14.9 Å². The Morgan fingerprint density at radius 1 is 1.05 bits per heavy atom. The summed E-state index contributed by atoms with van der Waals surface area (Å²) in [5.74, 6) is -0.641. The molecule has 0 saturated carbocycles. The standard InChI is InChI=1S/C18H30N2O2/c21-17(22)18-11-14-19-12-8-10-16(19)9-6-4-2-1-3-5-7-13-20(18)15-18/h7,13,16H,1-6,8-12,14-15H2,(H,21,22). The van der Waals surface area contributed by atoms with E-state index in [0.717, 1.165) is 25.9 Å². The maximum absolute atomic E-state index is 11.7. The number of rotatable bonds is 1. The first kappa shape index (κ1) is 15.9. The molecule has 2 saturated heterocycles. The summed E-state index contributed by atoms with van der Waals surface area (Å²) in [7, 11) is 0. The molecule has 4 heteroatoms. The minimum absolute atomic E-state index is 0.607. The van der Waals surface area contributed by atoms with Crippen LogP contribution in [0.3, 0.4) is 0 Å². The van der Waals surface area contributed by atoms with E-state index in [1.165, 1.54) is 51.4 Å². The summed E-state index contributed by atoms with van der Waals surface area (Å²) in [6.07, 6.45) is 16.6. The van der Waals surface area contributed by atoms with Crippen LogP contribution in [0, 0.1) is 0 Å². The second-order valence-electron chi connectivity index (χ2n) is 7.28. The molecule has 2 fully saturated rings. The Bertz CT molecular complexity index is 423. The van der Waals surface area contributed by atoms with Crippen molar-refractivity contribution in [3.05, 3.63) is 12.3 Å². The van der Waals surface area contributed by atoms with Crippen molar-refractivity contribution in [3.63, 3.8) is 0 Å². The zero-order valence-corrected chi connectivity index (χ0v) is 13.7. The quantitative estimate of drug-likeness (QED) is 0.755. The van der Waals surface area contributed by atoms with Gasteiger partial charge in [0.05, 0.1) is 6.54 Å². The molecule has 0 aliphatic carbocycles. The smallest absolute Gasteiger partial charge is 0.331 e. The van der Waals surface area contributed by atoms with Crippen LogP contribution in [0.25, 0.3) is 0 Å². The van der Waals surface area contributed by atoms with Gasteiger partial charge in [0.25, 0.3) is 0 Å². The lowest BCUT2D eigenvalue weighted by Crippen LogP contribution is -2.37. The lowest BCUT2D eigenvalue weighted by atomic mass is 10.0. The van der Waals surface area contributed by atoms with Crippen LogP contribution in [0.4, 0.5) is 0 Å². The molecule has 3 heterocycles. The van der Waals surface area contributed by atoms with Crippen molar-refractivity contribution in [2.45, 2.75) is 75.8 Å². The predicted octanol–water partition coefficient (Wildman–Crippen LogP) is 3.24. The van der Waals surface area contributed by atoms with Crippen LogP contribution in [0.5, 0.6) is 0 Å². The average molecular weight is 306 g/mol. The maximum Gasteiger partial charge on any atom is 0.331 e. The van der Waals surface area contributed by atoms with E-state index in [4.69, 9.17) is 0 Å². The molecule has 0 aromatic heterocycles. The number of fused-ring (bicyclic) bond motifs is 2. The highest BCUT2D eigenvalue weighted by Crippen LogP contribution is 2.38. The van der Waals surface area contributed by atoms with Gasteiger partial charge in [-0.3, -0.25) is 0 Å². The number of carboxylic acid groups (broad SMARTS) is 1. The molecule has 22 heavy (non-hydrogen) atoms. The van der Waals surface area contributed by atoms with Crippen LogP contribution < -0.4 is 0 Å². The summed E-state index contributed by atoms with van der Waals surface area (Å²) in [5, 5.41) is 9.64. The molecule has 3 rings (SSSR count). The minimum Gasteiger partial charge on any atom is -0.479 e. The summed E-state index contributed by atoms with van der Waals surface area (Å²) in [6.45, 7) is 2.80. The fourth-order valence-electron chi connectivity index (χ4n) is 4.18. The van der Waals surface area contributed by atoms with Crippen LogP contribution in [0.2, 0.25) is 0 Å². The Morgan fingerprint density at radius 2 is 1.82 bits per heavy atom. The molecule has 3 aliphatic rings. The largest absolute Gasteiger partial charge is 0.479 e. The van der Waals surface area contributed by atoms with Gasteiger partial charge in [-0.05, 0) is 51.3 Å². The summed E-state index contributed by atoms with van der Waals surface area (Å²) in [5.41, 5.74) is -0.607. The number of hydrogen-bond acceptors (Lipinski definition) is 3. The van der Waals surface area contributed by atoms with Gasteiger partial charge in [-0.1, -0.05) is 31.8 Å². The van der Waals surface area contributed by atoms with Crippen molar-refractivity contribution in [2.24, 2.45) is 0 Å². The van der Waals surface area contributed by atoms with Gasteiger partial charge >= 0.3 is 5.97 Å². The Balaban J connectivity index is 1.64. The van der Waals surface area contributed by atoms with E-state index in [0.29, 0.717) is 12.6 Å². The average Bonchev–Trinajstić information content (AvgIpc) is 3.04. The normalized spacial score (nSPS) is 34.4. The van der Waals surface area contributed by atoms with Gasteiger partial charge in [0.2, 0.25) is 0 Å². The molecule has 124 valence electrons. The van der Waals surface area contributed by atoms with Gasteiger partial charge in [-0.2, -0.15) is 0 Å². The highest BCUT2D eigenvalue weighted by molar-refractivity contribution is 5.83. The fourth-order valence-corrected chi connectivity index (χ4v) is 4.18. The van der Waals surface area contributed by atoms with Crippen LogP contribution in [-0.2, 0) is 4.79 Å². The second-order valence-corrected chi connectivity index (χ2v) is 7.28.